The minimum absolute atomic E-state index is 0.0997. The summed E-state index contributed by atoms with van der Waals surface area (Å²) in [7, 11) is 0. The molecule has 0 unspecified atom stereocenters. The lowest BCUT2D eigenvalue weighted by Gasteiger charge is -2.21. The number of carbonyl (C=O) groups excluding carboxylic acids is 1. The topological polar surface area (TPSA) is 87.7 Å². The molecule has 1 amide bonds. The monoisotopic (exact) mass is 255 g/mol. The third-order valence-corrected chi connectivity index (χ3v) is 3.54. The summed E-state index contributed by atoms with van der Waals surface area (Å²) >= 11 is 1.63. The number of thiophene rings is 1. The maximum Gasteiger partial charge on any atom is 0.233 e. The van der Waals surface area contributed by atoms with Crippen LogP contribution in [0.3, 0.4) is 0 Å². The highest BCUT2D eigenvalue weighted by molar-refractivity contribution is 7.11. The first kappa shape index (κ1) is 13.5. The van der Waals surface area contributed by atoms with E-state index in [4.69, 9.17) is 10.9 Å². The summed E-state index contributed by atoms with van der Waals surface area (Å²) in [4.78, 5) is 14.1. The Kier molecular flexibility index (Phi) is 4.11. The lowest BCUT2D eigenvalue weighted by Crippen LogP contribution is -2.45. The van der Waals surface area contributed by atoms with E-state index in [1.165, 1.54) is 4.88 Å². The van der Waals surface area contributed by atoms with E-state index in [0.717, 1.165) is 4.88 Å². The predicted molar refractivity (Wildman–Crippen MR) is 68.1 cm³/mol. The summed E-state index contributed by atoms with van der Waals surface area (Å²) in [5, 5.41) is 14.2. The molecule has 6 heteroatoms. The summed E-state index contributed by atoms with van der Waals surface area (Å²) < 4.78 is 0. The summed E-state index contributed by atoms with van der Waals surface area (Å²) in [6.07, 6.45) is 0. The quantitative estimate of drug-likeness (QED) is 0.329. The molecule has 17 heavy (non-hydrogen) atoms. The van der Waals surface area contributed by atoms with Crippen molar-refractivity contribution in [3.05, 3.63) is 21.9 Å². The van der Waals surface area contributed by atoms with Crippen LogP contribution >= 0.6 is 11.3 Å². The van der Waals surface area contributed by atoms with Gasteiger partial charge < -0.3 is 16.3 Å². The van der Waals surface area contributed by atoms with Gasteiger partial charge in [-0.3, -0.25) is 4.79 Å². The molecular weight excluding hydrogens is 238 g/mol. The summed E-state index contributed by atoms with van der Waals surface area (Å²) in [5.41, 5.74) is 4.45. The standard InChI is InChI=1S/C11H17N3O2S/c1-7-4-5-8(17-7)6-13-10(15)11(2,3)9(12)14-16/h4-5,16H,6H2,1-3H3,(H2,12,14)(H,13,15). The average molecular weight is 255 g/mol. The van der Waals surface area contributed by atoms with E-state index in [1.807, 2.05) is 19.1 Å². The van der Waals surface area contributed by atoms with Crippen molar-refractivity contribution in [1.82, 2.24) is 5.32 Å². The van der Waals surface area contributed by atoms with Crippen molar-refractivity contribution in [3.8, 4) is 0 Å². The second-order valence-electron chi connectivity index (χ2n) is 4.31. The Balaban J connectivity index is 2.61. The Morgan fingerprint density at radius 1 is 1.59 bits per heavy atom. The van der Waals surface area contributed by atoms with Crippen LogP contribution in [0.25, 0.3) is 0 Å². The van der Waals surface area contributed by atoms with E-state index < -0.39 is 5.41 Å². The van der Waals surface area contributed by atoms with Gasteiger partial charge in [0.25, 0.3) is 0 Å². The van der Waals surface area contributed by atoms with Crippen LogP contribution in [0.1, 0.15) is 23.6 Å². The maximum absolute atomic E-state index is 11.9. The molecule has 1 aromatic heterocycles. The fraction of sp³-hybridized carbons (Fsp3) is 0.455. The second kappa shape index (κ2) is 5.18. The molecule has 5 nitrogen and oxygen atoms in total. The van der Waals surface area contributed by atoms with Gasteiger partial charge in [0.2, 0.25) is 5.91 Å². The molecule has 0 spiro atoms. The number of nitrogens with two attached hydrogens (primary N) is 1. The summed E-state index contributed by atoms with van der Waals surface area (Å²) in [6.45, 7) is 5.68. The number of nitrogens with zero attached hydrogens (tertiary/aromatic N) is 1. The van der Waals surface area contributed by atoms with Gasteiger partial charge in [-0.15, -0.1) is 11.3 Å². The van der Waals surface area contributed by atoms with Gasteiger partial charge >= 0.3 is 0 Å². The van der Waals surface area contributed by atoms with Gasteiger partial charge in [0, 0.05) is 9.75 Å². The smallest absolute Gasteiger partial charge is 0.233 e. The molecule has 0 bridgehead atoms. The minimum Gasteiger partial charge on any atom is -0.409 e. The van der Waals surface area contributed by atoms with E-state index in [-0.39, 0.29) is 11.7 Å². The van der Waals surface area contributed by atoms with Crippen molar-refractivity contribution in [2.24, 2.45) is 16.3 Å². The van der Waals surface area contributed by atoms with Gasteiger partial charge in [-0.25, -0.2) is 0 Å². The van der Waals surface area contributed by atoms with Crippen LogP contribution in [-0.4, -0.2) is 17.0 Å². The van der Waals surface area contributed by atoms with Crippen molar-refractivity contribution in [3.63, 3.8) is 0 Å². The van der Waals surface area contributed by atoms with Crippen LogP contribution in [0.2, 0.25) is 0 Å². The molecule has 0 aliphatic heterocycles. The molecule has 0 fully saturated rings. The Morgan fingerprint density at radius 2 is 2.24 bits per heavy atom. The van der Waals surface area contributed by atoms with E-state index in [0.29, 0.717) is 6.54 Å². The molecule has 0 atom stereocenters. The SMILES string of the molecule is Cc1ccc(CNC(=O)C(C)(C)C(N)=NO)s1. The number of hydrogen-bond donors (Lipinski definition) is 3. The van der Waals surface area contributed by atoms with Gasteiger partial charge in [0.15, 0.2) is 5.84 Å². The fourth-order valence-corrected chi connectivity index (χ4v) is 2.04. The van der Waals surface area contributed by atoms with E-state index in [9.17, 15) is 4.79 Å². The Morgan fingerprint density at radius 3 is 2.71 bits per heavy atom. The van der Waals surface area contributed by atoms with Crippen LogP contribution < -0.4 is 11.1 Å². The molecule has 0 saturated heterocycles. The molecule has 1 aromatic rings. The molecule has 0 saturated carbocycles. The van der Waals surface area contributed by atoms with Gasteiger partial charge in [0.05, 0.1) is 6.54 Å². The third kappa shape index (κ3) is 3.20. The zero-order valence-corrected chi connectivity index (χ0v) is 11.0. The van der Waals surface area contributed by atoms with Crippen LogP contribution in [-0.2, 0) is 11.3 Å². The molecule has 0 radical (unpaired) electrons. The number of amidine groups is 1. The van der Waals surface area contributed by atoms with Crippen LogP contribution in [0.5, 0.6) is 0 Å². The van der Waals surface area contributed by atoms with Gasteiger partial charge in [0.1, 0.15) is 5.41 Å². The van der Waals surface area contributed by atoms with E-state index in [1.54, 1.807) is 25.2 Å². The van der Waals surface area contributed by atoms with Crippen molar-refractivity contribution in [1.29, 1.82) is 0 Å². The summed E-state index contributed by atoms with van der Waals surface area (Å²) in [6, 6.07) is 3.97. The van der Waals surface area contributed by atoms with E-state index in [2.05, 4.69) is 10.5 Å². The van der Waals surface area contributed by atoms with Crippen LogP contribution in [0, 0.1) is 12.3 Å². The van der Waals surface area contributed by atoms with Crippen LogP contribution in [0.4, 0.5) is 0 Å². The Hall–Kier alpha value is -1.56. The van der Waals surface area contributed by atoms with E-state index >= 15 is 0 Å². The van der Waals surface area contributed by atoms with Crippen LogP contribution in [0.15, 0.2) is 17.3 Å². The zero-order valence-electron chi connectivity index (χ0n) is 10.2. The number of hydrogen-bond acceptors (Lipinski definition) is 4. The van der Waals surface area contributed by atoms with Gasteiger partial charge in [-0.2, -0.15) is 0 Å². The molecule has 1 rings (SSSR count). The van der Waals surface area contributed by atoms with Gasteiger partial charge in [-0.1, -0.05) is 5.16 Å². The first-order chi connectivity index (χ1) is 7.87. The highest BCUT2D eigenvalue weighted by atomic mass is 32.1. The molecule has 0 aliphatic carbocycles. The first-order valence-electron chi connectivity index (χ1n) is 5.19. The lowest BCUT2D eigenvalue weighted by atomic mass is 9.91. The molecule has 94 valence electrons. The number of rotatable bonds is 4. The molecule has 4 N–H and O–H groups in total. The molecule has 1 heterocycles. The van der Waals surface area contributed by atoms with Crippen molar-refractivity contribution < 1.29 is 10.0 Å². The lowest BCUT2D eigenvalue weighted by molar-refractivity contribution is -0.126. The van der Waals surface area contributed by atoms with Crippen molar-refractivity contribution in [2.75, 3.05) is 0 Å². The first-order valence-corrected chi connectivity index (χ1v) is 6.01. The highest BCUT2D eigenvalue weighted by Gasteiger charge is 2.32. The normalized spacial score (nSPS) is 12.5. The number of oxime groups is 1. The highest BCUT2D eigenvalue weighted by Crippen LogP contribution is 2.17. The summed E-state index contributed by atoms with van der Waals surface area (Å²) in [5.74, 6) is -0.365. The number of carbonyl (C=O) groups is 1. The number of nitrogens with one attached hydrogen (secondary N) is 1. The van der Waals surface area contributed by atoms with Crippen molar-refractivity contribution >= 4 is 23.1 Å². The number of aryl methyl sites for hydroxylation is 1. The van der Waals surface area contributed by atoms with Gasteiger partial charge in [-0.05, 0) is 32.9 Å². The number of amides is 1. The predicted octanol–water partition coefficient (Wildman–Crippen LogP) is 1.45. The zero-order chi connectivity index (χ0) is 13.1. The Bertz CT molecular complexity index is 438. The fourth-order valence-electron chi connectivity index (χ4n) is 1.21. The largest absolute Gasteiger partial charge is 0.409 e. The third-order valence-electron chi connectivity index (χ3n) is 2.53. The second-order valence-corrected chi connectivity index (χ2v) is 5.68. The molecule has 0 aromatic carbocycles. The Labute approximate surface area is 104 Å². The average Bonchev–Trinajstić information content (AvgIpc) is 2.70. The maximum atomic E-state index is 11.9. The molecular formula is C11H17N3O2S. The molecule has 0 aliphatic rings. The van der Waals surface area contributed by atoms with Crippen molar-refractivity contribution in [2.45, 2.75) is 27.3 Å². The minimum atomic E-state index is -1.01.